The molecule has 0 saturated heterocycles. The van der Waals surface area contributed by atoms with Gasteiger partial charge >= 0.3 is 93.2 Å². The number of rotatable bonds is 3. The van der Waals surface area contributed by atoms with E-state index in [1.54, 1.807) is 0 Å². The molecule has 0 amide bonds. The van der Waals surface area contributed by atoms with Crippen LogP contribution in [-0.4, -0.2) is 10.3 Å². The quantitative estimate of drug-likeness (QED) is 0.595. The van der Waals surface area contributed by atoms with E-state index in [-0.39, 0.29) is 15.7 Å². The molecule has 0 aliphatic carbocycles. The molecule has 3 heteroatoms. The first-order valence-electron chi connectivity index (χ1n) is 4.15. The molecule has 0 N–H and O–H groups in total. The molecule has 13 heavy (non-hydrogen) atoms. The summed E-state index contributed by atoms with van der Waals surface area (Å²) in [5, 5.41) is 1.45. The van der Waals surface area contributed by atoms with Crippen LogP contribution in [0.5, 0.6) is 0 Å². The molecule has 1 aromatic carbocycles. The Morgan fingerprint density at radius 2 is 2.08 bits per heavy atom. The van der Waals surface area contributed by atoms with Gasteiger partial charge in [0.2, 0.25) is 0 Å². The van der Waals surface area contributed by atoms with Gasteiger partial charge in [-0.1, -0.05) is 0 Å². The van der Waals surface area contributed by atoms with E-state index in [2.05, 4.69) is 42.7 Å². The van der Waals surface area contributed by atoms with Crippen LogP contribution < -0.4 is 5.30 Å². The predicted octanol–water partition coefficient (Wildman–Crippen LogP) is 2.79. The Kier molecular flexibility index (Phi) is 5.33. The molecule has 0 radical (unpaired) electrons. The van der Waals surface area contributed by atoms with Crippen LogP contribution in [0.2, 0.25) is 0 Å². The first-order chi connectivity index (χ1) is 6.24. The summed E-state index contributed by atoms with van der Waals surface area (Å²) in [6.45, 7) is 4.51. The zero-order chi connectivity index (χ0) is 9.68. The van der Waals surface area contributed by atoms with E-state index < -0.39 is 0 Å². The fourth-order valence-corrected chi connectivity index (χ4v) is 3.57. The molecule has 0 aliphatic heterocycles. The number of hydrogen-bond acceptors (Lipinski definition) is 0. The van der Waals surface area contributed by atoms with Gasteiger partial charge in [0.15, 0.2) is 0 Å². The van der Waals surface area contributed by atoms with Gasteiger partial charge in [0.05, 0.1) is 0 Å². The standard InChI is InChI=1S/C10H13P.ClH.Ru/c1-8(2)11-10-7-5-4-6-9(10)3;;/h3-8,11H,1-2H3;1H;/q;;+1/p-1. The summed E-state index contributed by atoms with van der Waals surface area (Å²) in [5.41, 5.74) is 2.07. The van der Waals surface area contributed by atoms with Gasteiger partial charge in [0.25, 0.3) is 0 Å². The maximum absolute atomic E-state index is 5.78. The van der Waals surface area contributed by atoms with Crippen LogP contribution in [0.25, 0.3) is 0 Å². The fourth-order valence-electron chi connectivity index (χ4n) is 1.07. The monoisotopic (exact) mass is 301 g/mol. The summed E-state index contributed by atoms with van der Waals surface area (Å²) in [4.78, 5) is 0. The van der Waals surface area contributed by atoms with E-state index in [4.69, 9.17) is 9.69 Å². The van der Waals surface area contributed by atoms with Gasteiger partial charge in [0.1, 0.15) is 0 Å². The minimum absolute atomic E-state index is 0.106. The van der Waals surface area contributed by atoms with Crippen molar-refractivity contribution in [3.05, 3.63) is 29.8 Å². The van der Waals surface area contributed by atoms with E-state index in [1.165, 1.54) is 10.9 Å². The Morgan fingerprint density at radius 3 is 2.69 bits per heavy atom. The molecule has 0 aliphatic rings. The van der Waals surface area contributed by atoms with Crippen molar-refractivity contribution in [2.24, 2.45) is 0 Å². The average Bonchev–Trinajstić information content (AvgIpc) is 2.08. The van der Waals surface area contributed by atoms with Crippen molar-refractivity contribution in [1.29, 1.82) is 0 Å². The van der Waals surface area contributed by atoms with Crippen LogP contribution in [0.1, 0.15) is 19.4 Å². The van der Waals surface area contributed by atoms with Crippen LogP contribution in [0.3, 0.4) is 0 Å². The molecular weight excluding hydrogens is 288 g/mol. The average molecular weight is 301 g/mol. The Balaban J connectivity index is 2.90. The second-order valence-electron chi connectivity index (χ2n) is 3.07. The number of benzene rings is 1. The third kappa shape index (κ3) is 3.98. The summed E-state index contributed by atoms with van der Waals surface area (Å²) in [6.07, 6.45) is 0. The Bertz CT molecular complexity index is 297. The summed E-state index contributed by atoms with van der Waals surface area (Å²) in [7, 11) is 6.68. The Hall–Kier alpha value is 0.433. The van der Waals surface area contributed by atoms with Gasteiger partial charge in [-0.2, -0.15) is 0 Å². The van der Waals surface area contributed by atoms with Crippen molar-refractivity contribution in [2.75, 3.05) is 0 Å². The topological polar surface area (TPSA) is 0 Å². The molecule has 0 fully saturated rings. The van der Waals surface area contributed by atoms with Crippen molar-refractivity contribution in [3.63, 3.8) is 0 Å². The van der Waals surface area contributed by atoms with Crippen molar-refractivity contribution in [3.8, 4) is 0 Å². The van der Waals surface area contributed by atoms with Crippen LogP contribution in [-0.2, 0) is 15.7 Å². The second-order valence-corrected chi connectivity index (χ2v) is 6.84. The molecule has 1 atom stereocenters. The molecule has 0 saturated carbocycles. The molecule has 1 aromatic rings. The fraction of sp³-hybridized carbons (Fsp3) is 0.300. The summed E-state index contributed by atoms with van der Waals surface area (Å²) >= 11 is -0.106. The molecule has 1 rings (SSSR count). The number of halogens is 1. The molecule has 0 spiro atoms. The van der Waals surface area contributed by atoms with Gasteiger partial charge in [0, 0.05) is 0 Å². The van der Waals surface area contributed by atoms with Gasteiger partial charge < -0.3 is 0 Å². The zero-order valence-corrected chi connectivity index (χ0v) is 11.2. The van der Waals surface area contributed by atoms with E-state index in [1.807, 2.05) is 0 Å². The van der Waals surface area contributed by atoms with Crippen LogP contribution in [0, 0.1) is 0 Å². The van der Waals surface area contributed by atoms with Crippen molar-refractivity contribution in [2.45, 2.75) is 19.5 Å². The van der Waals surface area contributed by atoms with Crippen LogP contribution >= 0.6 is 18.3 Å². The maximum atomic E-state index is 5.78. The molecule has 0 nitrogen and oxygen atoms in total. The van der Waals surface area contributed by atoms with E-state index in [0.29, 0.717) is 0 Å². The normalized spacial score (nSPS) is 12.9. The third-order valence-electron chi connectivity index (χ3n) is 1.55. The Morgan fingerprint density at radius 1 is 1.38 bits per heavy atom. The van der Waals surface area contributed by atoms with Gasteiger partial charge in [-0.3, -0.25) is 0 Å². The summed E-state index contributed by atoms with van der Waals surface area (Å²) in [6, 6.07) is 8.54. The number of hydrogen-bond donors (Lipinski definition) is 0. The molecule has 0 heterocycles. The molecular formula is C10H13ClPRu. The van der Waals surface area contributed by atoms with Crippen molar-refractivity contribution >= 4 is 28.2 Å². The summed E-state index contributed by atoms with van der Waals surface area (Å²) in [5.74, 6) is 0. The molecule has 1 unspecified atom stereocenters. The predicted molar refractivity (Wildman–Crippen MR) is 60.5 cm³/mol. The zero-order valence-electron chi connectivity index (χ0n) is 7.70. The first-order valence-corrected chi connectivity index (χ1v) is 8.47. The molecule has 0 aromatic heterocycles. The molecule has 0 bridgehead atoms. The van der Waals surface area contributed by atoms with Crippen LogP contribution in [0.15, 0.2) is 24.3 Å². The van der Waals surface area contributed by atoms with Crippen molar-refractivity contribution in [1.82, 2.24) is 0 Å². The van der Waals surface area contributed by atoms with Crippen molar-refractivity contribution < 1.29 is 15.7 Å². The van der Waals surface area contributed by atoms with E-state index in [9.17, 15) is 0 Å². The van der Waals surface area contributed by atoms with Gasteiger partial charge in [-0.25, -0.2) is 0 Å². The first kappa shape index (κ1) is 11.5. The van der Waals surface area contributed by atoms with Gasteiger partial charge in [-0.05, 0) is 0 Å². The SMILES string of the molecule is CC(C)Pc1ccccc1[CH]=[Ru][Cl]. The van der Waals surface area contributed by atoms with E-state index in [0.717, 1.165) is 14.2 Å². The molecule has 73 valence electrons. The van der Waals surface area contributed by atoms with Gasteiger partial charge in [-0.15, -0.1) is 0 Å². The minimum atomic E-state index is -0.106. The Labute approximate surface area is 93.0 Å². The van der Waals surface area contributed by atoms with Crippen LogP contribution in [0.4, 0.5) is 0 Å². The van der Waals surface area contributed by atoms with E-state index >= 15 is 0 Å². The second kappa shape index (κ2) is 6.02. The summed E-state index contributed by atoms with van der Waals surface area (Å²) < 4.78 is 2.17. The third-order valence-corrected chi connectivity index (χ3v) is 4.08.